The molecule has 7 nitrogen and oxygen atoms in total. The van der Waals surface area contributed by atoms with Crippen LogP contribution in [0.15, 0.2) is 46.9 Å². The number of halogens is 1. The van der Waals surface area contributed by atoms with E-state index in [4.69, 9.17) is 4.74 Å². The van der Waals surface area contributed by atoms with Crippen LogP contribution in [0.25, 0.3) is 0 Å². The maximum Gasteiger partial charge on any atom is 0.326 e. The lowest BCUT2D eigenvalue weighted by molar-refractivity contribution is -0.147. The first-order valence-electron chi connectivity index (χ1n) is 8.03. The highest BCUT2D eigenvalue weighted by atomic mass is 79.9. The summed E-state index contributed by atoms with van der Waals surface area (Å²) in [5, 5.41) is 2.61. The molecule has 0 aromatic heterocycles. The van der Waals surface area contributed by atoms with Gasteiger partial charge >= 0.3 is 5.97 Å². The van der Waals surface area contributed by atoms with Crippen molar-refractivity contribution in [1.29, 1.82) is 0 Å². The highest BCUT2D eigenvalue weighted by molar-refractivity contribution is 9.10. The Bertz CT molecular complexity index is 922. The molecule has 3 amide bonds. The number of carbonyl (C=O) groups excluding carboxylic acids is 4. The van der Waals surface area contributed by atoms with Crippen molar-refractivity contribution in [2.45, 2.75) is 6.92 Å². The molecule has 1 heterocycles. The summed E-state index contributed by atoms with van der Waals surface area (Å²) in [5.41, 5.74) is 2.00. The minimum absolute atomic E-state index is 0.249. The molecule has 0 saturated carbocycles. The van der Waals surface area contributed by atoms with E-state index in [-0.39, 0.29) is 11.1 Å². The third-order valence-electron chi connectivity index (χ3n) is 3.97. The predicted octanol–water partition coefficient (Wildman–Crippen LogP) is 2.54. The summed E-state index contributed by atoms with van der Waals surface area (Å²) < 4.78 is 5.79. The lowest BCUT2D eigenvalue weighted by atomic mass is 10.1. The average Bonchev–Trinajstić information content (AvgIpc) is 2.88. The van der Waals surface area contributed by atoms with Crippen LogP contribution in [-0.2, 0) is 14.3 Å². The van der Waals surface area contributed by atoms with Gasteiger partial charge in [0.15, 0.2) is 6.61 Å². The molecule has 0 radical (unpaired) electrons. The van der Waals surface area contributed by atoms with Gasteiger partial charge in [-0.15, -0.1) is 0 Å². The van der Waals surface area contributed by atoms with Gasteiger partial charge in [-0.25, -0.2) is 0 Å². The summed E-state index contributed by atoms with van der Waals surface area (Å²) in [7, 11) is 0. The van der Waals surface area contributed by atoms with Gasteiger partial charge in [0.05, 0.1) is 11.1 Å². The maximum absolute atomic E-state index is 12.2. The second-order valence-electron chi connectivity index (χ2n) is 5.91. The fraction of sp³-hybridized carbons (Fsp3) is 0.158. The first-order chi connectivity index (χ1) is 12.9. The lowest BCUT2D eigenvalue weighted by Gasteiger charge is -2.13. The van der Waals surface area contributed by atoms with Crippen LogP contribution >= 0.6 is 15.9 Å². The fourth-order valence-electron chi connectivity index (χ4n) is 2.62. The van der Waals surface area contributed by atoms with Crippen LogP contribution in [-0.4, -0.2) is 41.7 Å². The number of hydrogen-bond acceptors (Lipinski definition) is 5. The number of ether oxygens (including phenoxy) is 1. The molecule has 0 spiro atoms. The number of amides is 3. The zero-order valence-electron chi connectivity index (χ0n) is 14.3. The highest BCUT2D eigenvalue weighted by Crippen LogP contribution is 2.22. The van der Waals surface area contributed by atoms with E-state index in [2.05, 4.69) is 21.2 Å². The van der Waals surface area contributed by atoms with E-state index in [1.54, 1.807) is 30.3 Å². The molecule has 0 aliphatic carbocycles. The smallest absolute Gasteiger partial charge is 0.326 e. The lowest BCUT2D eigenvalue weighted by Crippen LogP contribution is -2.36. The number of aryl methyl sites for hydroxylation is 1. The Balaban J connectivity index is 1.53. The van der Waals surface area contributed by atoms with Gasteiger partial charge in [-0.2, -0.15) is 0 Å². The first kappa shape index (κ1) is 18.8. The van der Waals surface area contributed by atoms with E-state index in [0.29, 0.717) is 5.69 Å². The van der Waals surface area contributed by atoms with Crippen LogP contribution in [0, 0.1) is 6.92 Å². The van der Waals surface area contributed by atoms with Gasteiger partial charge < -0.3 is 10.1 Å². The average molecular weight is 431 g/mol. The summed E-state index contributed by atoms with van der Waals surface area (Å²) >= 11 is 3.37. The van der Waals surface area contributed by atoms with Gasteiger partial charge in [-0.05, 0) is 42.8 Å². The highest BCUT2D eigenvalue weighted by Gasteiger charge is 2.36. The summed E-state index contributed by atoms with van der Waals surface area (Å²) in [6.45, 7) is 0.815. The normalized spacial score (nSPS) is 12.7. The molecule has 0 unspecified atom stereocenters. The van der Waals surface area contributed by atoms with E-state index < -0.39 is 36.8 Å². The number of nitrogens with zero attached hydrogens (tertiary/aromatic N) is 1. The first-order valence-corrected chi connectivity index (χ1v) is 8.83. The molecule has 0 saturated heterocycles. The van der Waals surface area contributed by atoms with E-state index in [0.717, 1.165) is 14.9 Å². The Kier molecular flexibility index (Phi) is 5.36. The van der Waals surface area contributed by atoms with Crippen molar-refractivity contribution < 1.29 is 23.9 Å². The molecular weight excluding hydrogens is 416 g/mol. The van der Waals surface area contributed by atoms with E-state index in [1.165, 1.54) is 12.1 Å². The zero-order valence-corrected chi connectivity index (χ0v) is 15.9. The second kappa shape index (κ2) is 7.71. The number of benzene rings is 2. The number of imide groups is 1. The third-order valence-corrected chi connectivity index (χ3v) is 4.86. The van der Waals surface area contributed by atoms with Crippen molar-refractivity contribution in [3.63, 3.8) is 0 Å². The van der Waals surface area contributed by atoms with Gasteiger partial charge in [0.1, 0.15) is 6.54 Å². The Morgan fingerprint density at radius 3 is 2.30 bits per heavy atom. The van der Waals surface area contributed by atoms with Crippen LogP contribution in [0.2, 0.25) is 0 Å². The SMILES string of the molecule is Cc1cc(NC(=O)COC(=O)CN2C(=O)c3ccccc3C2=O)ccc1Br. The van der Waals surface area contributed by atoms with Crippen molar-refractivity contribution in [3.05, 3.63) is 63.6 Å². The van der Waals surface area contributed by atoms with Crippen molar-refractivity contribution in [2.24, 2.45) is 0 Å². The molecule has 0 atom stereocenters. The molecule has 8 heteroatoms. The summed E-state index contributed by atoms with van der Waals surface area (Å²) in [6.07, 6.45) is 0. The van der Waals surface area contributed by atoms with Crippen LogP contribution < -0.4 is 5.32 Å². The number of anilines is 1. The topological polar surface area (TPSA) is 92.8 Å². The summed E-state index contributed by atoms with van der Waals surface area (Å²) in [4.78, 5) is 49.1. The number of rotatable bonds is 5. The van der Waals surface area contributed by atoms with Gasteiger partial charge in [0.25, 0.3) is 17.7 Å². The van der Waals surface area contributed by atoms with E-state index in [9.17, 15) is 19.2 Å². The number of fused-ring (bicyclic) bond motifs is 1. The molecule has 27 heavy (non-hydrogen) atoms. The van der Waals surface area contributed by atoms with E-state index in [1.807, 2.05) is 6.92 Å². The third kappa shape index (κ3) is 4.06. The van der Waals surface area contributed by atoms with Crippen LogP contribution in [0.4, 0.5) is 5.69 Å². The van der Waals surface area contributed by atoms with Gasteiger partial charge in [-0.3, -0.25) is 24.1 Å². The second-order valence-corrected chi connectivity index (χ2v) is 6.77. The molecule has 138 valence electrons. The van der Waals surface area contributed by atoms with Crippen molar-refractivity contribution >= 4 is 45.3 Å². The molecular formula is C19H15BrN2O5. The molecule has 1 N–H and O–H groups in total. The Morgan fingerprint density at radius 2 is 1.70 bits per heavy atom. The molecule has 2 aromatic rings. The van der Waals surface area contributed by atoms with Crippen LogP contribution in [0.3, 0.4) is 0 Å². The molecule has 0 fully saturated rings. The Labute approximate surface area is 163 Å². The van der Waals surface area contributed by atoms with Gasteiger partial charge in [-0.1, -0.05) is 28.1 Å². The predicted molar refractivity (Wildman–Crippen MR) is 100 cm³/mol. The number of carbonyl (C=O) groups is 4. The fourth-order valence-corrected chi connectivity index (χ4v) is 2.87. The number of hydrogen-bond donors (Lipinski definition) is 1. The summed E-state index contributed by atoms with van der Waals surface area (Å²) in [5.74, 6) is -2.47. The standard InChI is InChI=1S/C19H15BrN2O5/c1-11-8-12(6-7-15(11)20)21-16(23)10-27-17(24)9-22-18(25)13-4-2-3-5-14(13)19(22)26/h2-8H,9-10H2,1H3,(H,21,23). The largest absolute Gasteiger partial charge is 0.454 e. The molecule has 2 aromatic carbocycles. The minimum atomic E-state index is -0.841. The molecule has 1 aliphatic rings. The molecule has 0 bridgehead atoms. The summed E-state index contributed by atoms with van der Waals surface area (Å²) in [6, 6.07) is 11.6. The number of nitrogens with one attached hydrogen (secondary N) is 1. The maximum atomic E-state index is 12.2. The molecule has 3 rings (SSSR count). The van der Waals surface area contributed by atoms with Gasteiger partial charge in [0.2, 0.25) is 0 Å². The van der Waals surface area contributed by atoms with Crippen LogP contribution in [0.5, 0.6) is 0 Å². The zero-order chi connectivity index (χ0) is 19.6. The quantitative estimate of drug-likeness (QED) is 0.580. The monoisotopic (exact) mass is 430 g/mol. The molecule has 1 aliphatic heterocycles. The minimum Gasteiger partial charge on any atom is -0.454 e. The number of esters is 1. The van der Waals surface area contributed by atoms with Crippen LogP contribution in [0.1, 0.15) is 26.3 Å². The van der Waals surface area contributed by atoms with Crippen molar-refractivity contribution in [3.8, 4) is 0 Å². The Morgan fingerprint density at radius 1 is 1.07 bits per heavy atom. The van der Waals surface area contributed by atoms with Gasteiger partial charge in [0, 0.05) is 10.2 Å². The van der Waals surface area contributed by atoms with Crippen molar-refractivity contribution in [1.82, 2.24) is 4.90 Å². The van der Waals surface area contributed by atoms with Crippen molar-refractivity contribution in [2.75, 3.05) is 18.5 Å². The Hall–Kier alpha value is -3.00. The van der Waals surface area contributed by atoms with E-state index >= 15 is 0 Å².